The third-order valence-corrected chi connectivity index (χ3v) is 4.64. The van der Waals surface area contributed by atoms with Crippen molar-refractivity contribution in [1.29, 1.82) is 0 Å². The Labute approximate surface area is 156 Å². The zero-order valence-corrected chi connectivity index (χ0v) is 15.0. The van der Waals surface area contributed by atoms with Gasteiger partial charge in [-0.25, -0.2) is 4.79 Å². The van der Waals surface area contributed by atoms with Crippen molar-refractivity contribution in [3.63, 3.8) is 0 Å². The lowest BCUT2D eigenvalue weighted by Crippen LogP contribution is -2.25. The highest BCUT2D eigenvalue weighted by Crippen LogP contribution is 2.37. The van der Waals surface area contributed by atoms with Gasteiger partial charge in [0.05, 0.1) is 19.3 Å². The molecule has 146 valence electrons. The van der Waals surface area contributed by atoms with E-state index in [4.69, 9.17) is 14.2 Å². The van der Waals surface area contributed by atoms with E-state index in [0.29, 0.717) is 6.42 Å². The van der Waals surface area contributed by atoms with E-state index in [1.54, 1.807) is 13.0 Å². The summed E-state index contributed by atoms with van der Waals surface area (Å²) in [6.45, 7) is 1.64. The van der Waals surface area contributed by atoms with Gasteiger partial charge in [0.2, 0.25) is 0 Å². The molecule has 2 aliphatic rings. The Bertz CT molecular complexity index is 771. The first-order valence-corrected chi connectivity index (χ1v) is 8.65. The molecule has 1 fully saturated rings. The number of ether oxygens (including phenoxy) is 3. The minimum absolute atomic E-state index is 0.00568. The first-order valence-electron chi connectivity index (χ1n) is 8.65. The molecule has 1 aromatic rings. The van der Waals surface area contributed by atoms with Crippen LogP contribution in [0, 0.1) is 0 Å². The molecule has 1 saturated heterocycles. The summed E-state index contributed by atoms with van der Waals surface area (Å²) in [5.74, 6) is -1.30. The van der Waals surface area contributed by atoms with Gasteiger partial charge in [-0.05, 0) is 19.1 Å². The van der Waals surface area contributed by atoms with E-state index in [0.717, 1.165) is 0 Å². The van der Waals surface area contributed by atoms with Crippen molar-refractivity contribution in [2.45, 2.75) is 50.3 Å². The highest BCUT2D eigenvalue weighted by Gasteiger charge is 2.45. The van der Waals surface area contributed by atoms with Gasteiger partial charge in [0.1, 0.15) is 35.4 Å². The van der Waals surface area contributed by atoms with Gasteiger partial charge >= 0.3 is 5.97 Å². The molecule has 0 amide bonds. The van der Waals surface area contributed by atoms with Gasteiger partial charge in [0.15, 0.2) is 5.78 Å². The van der Waals surface area contributed by atoms with Crippen LogP contribution in [0.2, 0.25) is 0 Å². The summed E-state index contributed by atoms with van der Waals surface area (Å²) in [6.07, 6.45) is -1.33. The Hall–Kier alpha value is -2.42. The van der Waals surface area contributed by atoms with E-state index < -0.39 is 42.2 Å². The van der Waals surface area contributed by atoms with Crippen LogP contribution in [-0.2, 0) is 14.3 Å². The standard InChI is InChI=1S/C19H22O8/c1-9-4-3-5-12(20)18-15(27-18)8-14(22)17(23)11-6-10(25-2)7-13(21)16(11)19(24)26-9/h3,5-7,9,14-15,17-18,21-23H,4,8H2,1-2H3/b5-3-. The summed E-state index contributed by atoms with van der Waals surface area (Å²) < 4.78 is 15.7. The van der Waals surface area contributed by atoms with Crippen molar-refractivity contribution in [3.8, 4) is 11.5 Å². The summed E-state index contributed by atoms with van der Waals surface area (Å²) >= 11 is 0. The van der Waals surface area contributed by atoms with Gasteiger partial charge in [0.25, 0.3) is 0 Å². The third-order valence-electron chi connectivity index (χ3n) is 4.64. The minimum Gasteiger partial charge on any atom is -0.507 e. The third kappa shape index (κ3) is 4.13. The molecule has 2 heterocycles. The second-order valence-corrected chi connectivity index (χ2v) is 6.71. The molecule has 5 atom stereocenters. The monoisotopic (exact) mass is 378 g/mol. The lowest BCUT2D eigenvalue weighted by atomic mass is 9.94. The summed E-state index contributed by atoms with van der Waals surface area (Å²) in [5, 5.41) is 31.2. The number of methoxy groups -OCH3 is 1. The van der Waals surface area contributed by atoms with E-state index in [-0.39, 0.29) is 29.1 Å². The Morgan fingerprint density at radius 2 is 1.96 bits per heavy atom. The Morgan fingerprint density at radius 3 is 2.67 bits per heavy atom. The second-order valence-electron chi connectivity index (χ2n) is 6.71. The number of aromatic hydroxyl groups is 1. The largest absolute Gasteiger partial charge is 0.507 e. The van der Waals surface area contributed by atoms with Crippen molar-refractivity contribution in [2.24, 2.45) is 0 Å². The fourth-order valence-electron chi connectivity index (χ4n) is 3.10. The van der Waals surface area contributed by atoms with Gasteiger partial charge in [0, 0.05) is 24.5 Å². The number of epoxide rings is 1. The number of aliphatic hydroxyl groups is 2. The minimum atomic E-state index is -1.51. The molecule has 8 nitrogen and oxygen atoms in total. The number of esters is 1. The quantitative estimate of drug-likeness (QED) is 0.489. The van der Waals surface area contributed by atoms with Crippen molar-refractivity contribution in [1.82, 2.24) is 0 Å². The van der Waals surface area contributed by atoms with Gasteiger partial charge < -0.3 is 29.5 Å². The molecular formula is C19H22O8. The number of carbonyl (C=O) groups is 2. The average molecular weight is 378 g/mol. The number of ketones is 1. The van der Waals surface area contributed by atoms with E-state index in [9.17, 15) is 24.9 Å². The SMILES string of the molecule is COc1cc(O)c2c(c1)C(O)C(O)CC1OC1C(=O)/C=C\CC(C)OC2=O. The Morgan fingerprint density at radius 1 is 1.22 bits per heavy atom. The topological polar surface area (TPSA) is 126 Å². The molecule has 2 aliphatic heterocycles. The molecular weight excluding hydrogens is 356 g/mol. The summed E-state index contributed by atoms with van der Waals surface area (Å²) in [4.78, 5) is 24.6. The van der Waals surface area contributed by atoms with E-state index in [1.807, 2.05) is 0 Å². The van der Waals surface area contributed by atoms with Crippen molar-refractivity contribution < 1.29 is 39.1 Å². The van der Waals surface area contributed by atoms with Gasteiger partial charge in [-0.3, -0.25) is 4.79 Å². The molecule has 0 aromatic heterocycles. The predicted octanol–water partition coefficient (Wildman–Crippen LogP) is 1.03. The number of benzene rings is 1. The average Bonchev–Trinajstić information content (AvgIpc) is 3.38. The van der Waals surface area contributed by atoms with Crippen LogP contribution in [0.5, 0.6) is 11.5 Å². The molecule has 5 unspecified atom stereocenters. The number of rotatable bonds is 1. The molecule has 3 N–H and O–H groups in total. The van der Waals surface area contributed by atoms with E-state index in [1.165, 1.54) is 25.3 Å². The molecule has 8 heteroatoms. The van der Waals surface area contributed by atoms with Crippen molar-refractivity contribution >= 4 is 11.8 Å². The van der Waals surface area contributed by atoms with E-state index >= 15 is 0 Å². The predicted molar refractivity (Wildman–Crippen MR) is 92.5 cm³/mol. The molecule has 0 spiro atoms. The number of hydrogen-bond donors (Lipinski definition) is 3. The zero-order chi connectivity index (χ0) is 19.7. The van der Waals surface area contributed by atoms with Crippen LogP contribution >= 0.6 is 0 Å². The molecule has 1 aromatic carbocycles. The second kappa shape index (κ2) is 7.67. The normalized spacial score (nSPS) is 32.5. The van der Waals surface area contributed by atoms with Crippen molar-refractivity contribution in [3.05, 3.63) is 35.4 Å². The smallest absolute Gasteiger partial charge is 0.342 e. The first kappa shape index (κ1) is 19.3. The Balaban J connectivity index is 2.00. The highest BCUT2D eigenvalue weighted by atomic mass is 16.6. The van der Waals surface area contributed by atoms with E-state index in [2.05, 4.69) is 0 Å². The number of hydrogen-bond acceptors (Lipinski definition) is 8. The van der Waals surface area contributed by atoms with Crippen molar-refractivity contribution in [2.75, 3.05) is 7.11 Å². The summed E-state index contributed by atoms with van der Waals surface area (Å²) in [5.41, 5.74) is -0.257. The molecule has 0 aliphatic carbocycles. The van der Waals surface area contributed by atoms with Crippen LogP contribution in [-0.4, -0.2) is 58.6 Å². The molecule has 0 bridgehead atoms. The van der Waals surface area contributed by atoms with Crippen LogP contribution in [0.3, 0.4) is 0 Å². The number of phenols is 1. The molecule has 0 saturated carbocycles. The van der Waals surface area contributed by atoms with Crippen LogP contribution in [0.4, 0.5) is 0 Å². The van der Waals surface area contributed by atoms with Crippen LogP contribution in [0.1, 0.15) is 41.8 Å². The van der Waals surface area contributed by atoms with Crippen LogP contribution < -0.4 is 4.74 Å². The fraction of sp³-hybridized carbons (Fsp3) is 0.474. The van der Waals surface area contributed by atoms with Crippen LogP contribution in [0.15, 0.2) is 24.3 Å². The van der Waals surface area contributed by atoms with Gasteiger partial charge in [-0.1, -0.05) is 6.08 Å². The zero-order valence-electron chi connectivity index (χ0n) is 15.0. The maximum atomic E-state index is 12.6. The van der Waals surface area contributed by atoms with Crippen LogP contribution in [0.25, 0.3) is 0 Å². The maximum Gasteiger partial charge on any atom is 0.342 e. The maximum absolute atomic E-state index is 12.6. The summed E-state index contributed by atoms with van der Waals surface area (Å²) in [7, 11) is 1.37. The lowest BCUT2D eigenvalue weighted by Gasteiger charge is -2.22. The first-order chi connectivity index (χ1) is 12.8. The molecule has 27 heavy (non-hydrogen) atoms. The number of phenolic OH excluding ortho intramolecular Hbond substituents is 1. The van der Waals surface area contributed by atoms with Gasteiger partial charge in [-0.2, -0.15) is 0 Å². The fourth-order valence-corrected chi connectivity index (χ4v) is 3.10. The number of aliphatic hydroxyl groups excluding tert-OH is 2. The molecule has 3 rings (SSSR count). The Kier molecular flexibility index (Phi) is 5.50. The van der Waals surface area contributed by atoms with Gasteiger partial charge in [-0.15, -0.1) is 0 Å². The number of cyclic esters (lactones) is 1. The summed E-state index contributed by atoms with van der Waals surface area (Å²) in [6, 6.07) is 2.59. The highest BCUT2D eigenvalue weighted by molar-refractivity contribution is 5.96. The lowest BCUT2D eigenvalue weighted by molar-refractivity contribution is -0.115. The molecule has 0 radical (unpaired) electrons. The number of fused-ring (bicyclic) bond motifs is 2. The number of carbonyl (C=O) groups excluding carboxylic acids is 2.